The normalized spacial score (nSPS) is 18.8. The number of nitrogens with one attached hydrogen (secondary N) is 1. The third kappa shape index (κ3) is 1.91. The first-order chi connectivity index (χ1) is 7.12. The van der Waals surface area contributed by atoms with Gasteiger partial charge < -0.3 is 0 Å². The summed E-state index contributed by atoms with van der Waals surface area (Å²) >= 11 is 0. The Kier molecular flexibility index (Phi) is 2.79. The van der Waals surface area contributed by atoms with Crippen molar-refractivity contribution in [3.05, 3.63) is 12.3 Å². The van der Waals surface area contributed by atoms with E-state index in [1.54, 1.807) is 7.05 Å². The standard InChI is InChI=1S/C9H15N3O2S/c1-12(8-4-2-3-5-8)15(13,14)9-6-7-10-11-9/h6-8H,2-5H2,1H3,(H,10,11). The minimum Gasteiger partial charge on any atom is -0.266 e. The summed E-state index contributed by atoms with van der Waals surface area (Å²) in [4.78, 5) is 0. The molecule has 1 saturated carbocycles. The highest BCUT2D eigenvalue weighted by molar-refractivity contribution is 7.89. The van der Waals surface area contributed by atoms with E-state index >= 15 is 0 Å². The summed E-state index contributed by atoms with van der Waals surface area (Å²) in [6, 6.07) is 1.64. The number of rotatable bonds is 3. The molecule has 6 heteroatoms. The summed E-state index contributed by atoms with van der Waals surface area (Å²) in [6.45, 7) is 0. The summed E-state index contributed by atoms with van der Waals surface area (Å²) in [7, 11) is -1.72. The average Bonchev–Trinajstić information content (AvgIpc) is 2.89. The van der Waals surface area contributed by atoms with Crippen LogP contribution in [-0.2, 0) is 10.0 Å². The van der Waals surface area contributed by atoms with Crippen LogP contribution in [0.15, 0.2) is 17.3 Å². The van der Waals surface area contributed by atoms with E-state index in [4.69, 9.17) is 0 Å². The van der Waals surface area contributed by atoms with Gasteiger partial charge in [0.15, 0.2) is 5.03 Å². The molecule has 1 heterocycles. The van der Waals surface area contributed by atoms with Gasteiger partial charge in [0.25, 0.3) is 10.0 Å². The first-order valence-corrected chi connectivity index (χ1v) is 6.54. The molecule has 0 spiro atoms. The maximum Gasteiger partial charge on any atom is 0.259 e. The third-order valence-electron chi connectivity index (χ3n) is 2.97. The van der Waals surface area contributed by atoms with Crippen molar-refractivity contribution in [2.24, 2.45) is 0 Å². The molecule has 15 heavy (non-hydrogen) atoms. The molecule has 0 aliphatic heterocycles. The molecule has 1 aliphatic rings. The lowest BCUT2D eigenvalue weighted by Crippen LogP contribution is -2.35. The zero-order valence-electron chi connectivity index (χ0n) is 8.68. The number of hydrogen-bond acceptors (Lipinski definition) is 3. The number of H-pyrrole nitrogens is 1. The Hall–Kier alpha value is -0.880. The van der Waals surface area contributed by atoms with Crippen molar-refractivity contribution in [3.63, 3.8) is 0 Å². The Bertz CT molecular complexity index is 407. The predicted molar refractivity (Wildman–Crippen MR) is 55.8 cm³/mol. The Morgan fingerprint density at radius 3 is 2.67 bits per heavy atom. The summed E-state index contributed by atoms with van der Waals surface area (Å²) in [5.74, 6) is 0. The van der Waals surface area contributed by atoms with Gasteiger partial charge in [0.2, 0.25) is 0 Å². The van der Waals surface area contributed by atoms with Crippen molar-refractivity contribution < 1.29 is 8.42 Å². The second-order valence-corrected chi connectivity index (χ2v) is 5.85. The number of nitrogens with zero attached hydrogens (tertiary/aromatic N) is 2. The van der Waals surface area contributed by atoms with Crippen molar-refractivity contribution >= 4 is 10.0 Å². The fourth-order valence-electron chi connectivity index (χ4n) is 2.01. The topological polar surface area (TPSA) is 66.1 Å². The van der Waals surface area contributed by atoms with Crippen molar-refractivity contribution in [2.75, 3.05) is 7.05 Å². The van der Waals surface area contributed by atoms with Crippen LogP contribution in [0.25, 0.3) is 0 Å². The molecule has 0 aromatic carbocycles. The lowest BCUT2D eigenvalue weighted by Gasteiger charge is -2.22. The number of aromatic amines is 1. The molecule has 1 aliphatic carbocycles. The van der Waals surface area contributed by atoms with Gasteiger partial charge in [-0.05, 0) is 18.9 Å². The maximum atomic E-state index is 12.0. The zero-order valence-corrected chi connectivity index (χ0v) is 9.50. The smallest absolute Gasteiger partial charge is 0.259 e. The van der Waals surface area contributed by atoms with E-state index in [9.17, 15) is 8.42 Å². The van der Waals surface area contributed by atoms with E-state index in [0.29, 0.717) is 0 Å². The van der Waals surface area contributed by atoms with Crippen LogP contribution in [0.1, 0.15) is 25.7 Å². The molecular formula is C9H15N3O2S. The molecule has 5 nitrogen and oxygen atoms in total. The van der Waals surface area contributed by atoms with E-state index in [1.807, 2.05) is 0 Å². The zero-order chi connectivity index (χ0) is 10.9. The van der Waals surface area contributed by atoms with E-state index in [0.717, 1.165) is 25.7 Å². The highest BCUT2D eigenvalue weighted by Gasteiger charge is 2.30. The molecule has 0 atom stereocenters. The Balaban J connectivity index is 2.22. The Morgan fingerprint density at radius 2 is 2.13 bits per heavy atom. The summed E-state index contributed by atoms with van der Waals surface area (Å²) < 4.78 is 25.5. The van der Waals surface area contributed by atoms with Gasteiger partial charge in [-0.15, -0.1) is 0 Å². The first kappa shape index (κ1) is 10.6. The summed E-state index contributed by atoms with van der Waals surface area (Å²) in [5, 5.41) is 6.35. The Morgan fingerprint density at radius 1 is 1.47 bits per heavy atom. The van der Waals surface area contributed by atoms with E-state index in [2.05, 4.69) is 10.2 Å². The second-order valence-electron chi connectivity index (χ2n) is 3.88. The lowest BCUT2D eigenvalue weighted by atomic mass is 10.3. The minimum absolute atomic E-state index is 0.151. The number of aromatic nitrogens is 2. The fourth-order valence-corrected chi connectivity index (χ4v) is 3.32. The monoisotopic (exact) mass is 229 g/mol. The molecule has 1 aromatic heterocycles. The van der Waals surface area contributed by atoms with Crippen LogP contribution in [0.3, 0.4) is 0 Å². The molecule has 2 rings (SSSR count). The SMILES string of the molecule is CN(C1CCCC1)S(=O)(=O)c1ccn[nH]1. The second kappa shape index (κ2) is 3.94. The average molecular weight is 229 g/mol. The van der Waals surface area contributed by atoms with Crippen molar-refractivity contribution in [1.82, 2.24) is 14.5 Å². The quantitative estimate of drug-likeness (QED) is 0.840. The third-order valence-corrected chi connectivity index (χ3v) is 4.81. The van der Waals surface area contributed by atoms with Crippen LogP contribution >= 0.6 is 0 Å². The van der Waals surface area contributed by atoms with Gasteiger partial charge >= 0.3 is 0 Å². The van der Waals surface area contributed by atoms with Crippen molar-refractivity contribution in [1.29, 1.82) is 0 Å². The molecule has 84 valence electrons. The van der Waals surface area contributed by atoms with Gasteiger partial charge in [0.05, 0.1) is 6.20 Å². The van der Waals surface area contributed by atoms with Gasteiger partial charge in [0, 0.05) is 13.1 Å². The number of sulfonamides is 1. The molecule has 1 fully saturated rings. The molecule has 1 aromatic rings. The van der Waals surface area contributed by atoms with Crippen LogP contribution in [0.2, 0.25) is 0 Å². The largest absolute Gasteiger partial charge is 0.266 e. The van der Waals surface area contributed by atoms with Crippen LogP contribution in [0.5, 0.6) is 0 Å². The molecule has 0 saturated heterocycles. The molecule has 0 radical (unpaired) electrons. The van der Waals surface area contributed by atoms with E-state index in [-0.39, 0.29) is 11.1 Å². The van der Waals surface area contributed by atoms with Gasteiger partial charge in [-0.1, -0.05) is 12.8 Å². The van der Waals surface area contributed by atoms with Gasteiger partial charge in [-0.3, -0.25) is 5.10 Å². The van der Waals surface area contributed by atoms with Gasteiger partial charge in [-0.25, -0.2) is 8.42 Å². The van der Waals surface area contributed by atoms with Gasteiger partial charge in [0.1, 0.15) is 0 Å². The summed E-state index contributed by atoms with van der Waals surface area (Å²) in [6.07, 6.45) is 5.62. The van der Waals surface area contributed by atoms with Crippen LogP contribution in [0.4, 0.5) is 0 Å². The molecule has 0 bridgehead atoms. The highest BCUT2D eigenvalue weighted by atomic mass is 32.2. The van der Waals surface area contributed by atoms with Crippen LogP contribution in [0, 0.1) is 0 Å². The number of hydrogen-bond donors (Lipinski definition) is 1. The van der Waals surface area contributed by atoms with Crippen molar-refractivity contribution in [2.45, 2.75) is 36.8 Å². The molecular weight excluding hydrogens is 214 g/mol. The lowest BCUT2D eigenvalue weighted by molar-refractivity contribution is 0.371. The highest BCUT2D eigenvalue weighted by Crippen LogP contribution is 2.26. The van der Waals surface area contributed by atoms with E-state index in [1.165, 1.54) is 16.6 Å². The Labute approximate surface area is 89.5 Å². The van der Waals surface area contributed by atoms with E-state index < -0.39 is 10.0 Å². The van der Waals surface area contributed by atoms with Crippen LogP contribution in [-0.4, -0.2) is 36.0 Å². The van der Waals surface area contributed by atoms with Crippen molar-refractivity contribution in [3.8, 4) is 0 Å². The molecule has 1 N–H and O–H groups in total. The van der Waals surface area contributed by atoms with Crippen LogP contribution < -0.4 is 0 Å². The maximum absolute atomic E-state index is 12.0. The fraction of sp³-hybridized carbons (Fsp3) is 0.667. The first-order valence-electron chi connectivity index (χ1n) is 5.10. The molecule has 0 amide bonds. The minimum atomic E-state index is -3.36. The summed E-state index contributed by atoms with van der Waals surface area (Å²) in [5.41, 5.74) is 0. The predicted octanol–water partition coefficient (Wildman–Crippen LogP) is 0.973. The molecule has 0 unspecified atom stereocenters. The van der Waals surface area contributed by atoms with Gasteiger partial charge in [-0.2, -0.15) is 9.40 Å².